The molecule has 1 aromatic rings. The van der Waals surface area contributed by atoms with Crippen molar-refractivity contribution in [3.63, 3.8) is 0 Å². The van der Waals surface area contributed by atoms with E-state index >= 15 is 0 Å². The molecule has 4 heteroatoms. The van der Waals surface area contributed by atoms with Crippen LogP contribution in [0.3, 0.4) is 0 Å². The largest absolute Gasteiger partial charge is 0.481 e. The van der Waals surface area contributed by atoms with Gasteiger partial charge < -0.3 is 5.11 Å². The molecule has 0 aliphatic carbocycles. The van der Waals surface area contributed by atoms with Crippen molar-refractivity contribution in [3.8, 4) is 0 Å². The summed E-state index contributed by atoms with van der Waals surface area (Å²) in [6.07, 6.45) is 0.523. The van der Waals surface area contributed by atoms with Gasteiger partial charge in [0.25, 0.3) is 0 Å². The Balaban J connectivity index is 2.75. The van der Waals surface area contributed by atoms with E-state index < -0.39 is 11.9 Å². The van der Waals surface area contributed by atoms with Gasteiger partial charge in [-0.05, 0) is 24.5 Å². The van der Waals surface area contributed by atoms with Crippen LogP contribution in [0.1, 0.15) is 37.0 Å². The molecule has 3 nitrogen and oxygen atoms in total. The summed E-state index contributed by atoms with van der Waals surface area (Å²) >= 11 is 5.80. The van der Waals surface area contributed by atoms with Gasteiger partial charge in [-0.15, -0.1) is 0 Å². The summed E-state index contributed by atoms with van der Waals surface area (Å²) in [5, 5.41) is 9.58. The summed E-state index contributed by atoms with van der Waals surface area (Å²) in [7, 11) is 0. The molecule has 1 aromatic carbocycles. The minimum atomic E-state index is -0.918. The minimum absolute atomic E-state index is 0.0217. The molecular formula is C14H17ClO3. The van der Waals surface area contributed by atoms with Crippen molar-refractivity contribution in [1.29, 1.82) is 0 Å². The summed E-state index contributed by atoms with van der Waals surface area (Å²) in [5.74, 6) is -1.47. The molecule has 0 aliphatic rings. The maximum absolute atomic E-state index is 12.0. The summed E-state index contributed by atoms with van der Waals surface area (Å²) in [6, 6.07) is 6.59. The van der Waals surface area contributed by atoms with Gasteiger partial charge in [0.1, 0.15) is 0 Å². The highest BCUT2D eigenvalue weighted by Gasteiger charge is 2.22. The van der Waals surface area contributed by atoms with Crippen LogP contribution in [0.5, 0.6) is 0 Å². The Morgan fingerprint density at radius 3 is 2.50 bits per heavy atom. The number of hydrogen-bond acceptors (Lipinski definition) is 2. The van der Waals surface area contributed by atoms with Gasteiger partial charge in [0, 0.05) is 17.0 Å². The van der Waals surface area contributed by atoms with E-state index in [-0.39, 0.29) is 18.1 Å². The van der Waals surface area contributed by atoms with Crippen molar-refractivity contribution < 1.29 is 14.7 Å². The molecule has 0 spiro atoms. The predicted molar refractivity (Wildman–Crippen MR) is 71.0 cm³/mol. The van der Waals surface area contributed by atoms with E-state index in [2.05, 4.69) is 0 Å². The Morgan fingerprint density at radius 2 is 2.00 bits per heavy atom. The van der Waals surface area contributed by atoms with Crippen LogP contribution in [0.15, 0.2) is 24.3 Å². The van der Waals surface area contributed by atoms with Crippen LogP contribution in [0.4, 0.5) is 0 Å². The Hall–Kier alpha value is -1.35. The van der Waals surface area contributed by atoms with Crippen LogP contribution in [-0.4, -0.2) is 16.9 Å². The number of ketones is 1. The molecule has 1 N–H and O–H groups in total. The van der Waals surface area contributed by atoms with Crippen molar-refractivity contribution in [2.75, 3.05) is 0 Å². The first-order valence-corrected chi connectivity index (χ1v) is 6.29. The number of Topliss-reactive ketones (excluding diaryl/α,β-unsaturated/α-hetero) is 1. The van der Waals surface area contributed by atoms with Crippen LogP contribution in [-0.2, 0) is 4.79 Å². The Labute approximate surface area is 112 Å². The first kappa shape index (κ1) is 14.7. The van der Waals surface area contributed by atoms with E-state index in [1.807, 2.05) is 13.8 Å². The Bertz CT molecular complexity index is 440. The number of carbonyl (C=O) groups is 2. The van der Waals surface area contributed by atoms with Gasteiger partial charge in [0.15, 0.2) is 5.78 Å². The number of carboxylic acids is 1. The topological polar surface area (TPSA) is 54.4 Å². The van der Waals surface area contributed by atoms with Crippen LogP contribution >= 0.6 is 11.6 Å². The normalized spacial score (nSPS) is 12.4. The fraction of sp³-hybridized carbons (Fsp3) is 0.429. The number of aliphatic carboxylic acids is 1. The number of carbonyl (C=O) groups excluding carboxylic acids is 1. The lowest BCUT2D eigenvalue weighted by atomic mass is 9.91. The van der Waals surface area contributed by atoms with E-state index in [0.717, 1.165) is 0 Å². The first-order valence-electron chi connectivity index (χ1n) is 5.91. The van der Waals surface area contributed by atoms with Gasteiger partial charge in [-0.25, -0.2) is 0 Å². The van der Waals surface area contributed by atoms with Gasteiger partial charge in [-0.1, -0.05) is 37.6 Å². The van der Waals surface area contributed by atoms with E-state index in [1.54, 1.807) is 24.3 Å². The molecule has 0 saturated heterocycles. The number of carboxylic acid groups (broad SMARTS) is 1. The summed E-state index contributed by atoms with van der Waals surface area (Å²) in [5.41, 5.74) is 0.470. The molecule has 0 fully saturated rings. The van der Waals surface area contributed by atoms with Crippen LogP contribution < -0.4 is 0 Å². The number of benzene rings is 1. The molecule has 1 unspecified atom stereocenters. The van der Waals surface area contributed by atoms with E-state index in [4.69, 9.17) is 16.7 Å². The van der Waals surface area contributed by atoms with E-state index in [0.29, 0.717) is 17.0 Å². The zero-order valence-corrected chi connectivity index (χ0v) is 11.3. The Morgan fingerprint density at radius 1 is 1.33 bits per heavy atom. The third-order valence-corrected chi connectivity index (χ3v) is 2.92. The van der Waals surface area contributed by atoms with Crippen LogP contribution in [0, 0.1) is 11.8 Å². The smallest absolute Gasteiger partial charge is 0.306 e. The molecule has 1 atom stereocenters. The van der Waals surface area contributed by atoms with E-state index in [9.17, 15) is 9.59 Å². The summed E-state index contributed by atoms with van der Waals surface area (Å²) in [6.45, 7) is 3.89. The predicted octanol–water partition coefficient (Wildman–Crippen LogP) is 3.66. The van der Waals surface area contributed by atoms with Crippen molar-refractivity contribution in [1.82, 2.24) is 0 Å². The van der Waals surface area contributed by atoms with Crippen LogP contribution in [0.2, 0.25) is 5.02 Å². The molecule has 18 heavy (non-hydrogen) atoms. The average Bonchev–Trinajstić information content (AvgIpc) is 2.27. The quantitative estimate of drug-likeness (QED) is 0.801. The Kier molecular flexibility index (Phi) is 5.35. The molecule has 98 valence electrons. The highest BCUT2D eigenvalue weighted by atomic mass is 35.5. The molecule has 0 radical (unpaired) electrons. The van der Waals surface area contributed by atoms with Crippen molar-refractivity contribution >= 4 is 23.4 Å². The lowest BCUT2D eigenvalue weighted by Crippen LogP contribution is -2.20. The van der Waals surface area contributed by atoms with Gasteiger partial charge in [-0.2, -0.15) is 0 Å². The molecule has 0 saturated carbocycles. The maximum atomic E-state index is 12.0. The number of halogens is 1. The molecule has 1 rings (SSSR count). The van der Waals surface area contributed by atoms with Crippen LogP contribution in [0.25, 0.3) is 0 Å². The first-order chi connectivity index (χ1) is 8.40. The van der Waals surface area contributed by atoms with Gasteiger partial charge in [-0.3, -0.25) is 9.59 Å². The molecule has 0 heterocycles. The zero-order chi connectivity index (χ0) is 13.7. The second-order valence-electron chi connectivity index (χ2n) is 4.80. The summed E-state index contributed by atoms with van der Waals surface area (Å²) < 4.78 is 0. The molecule has 0 bridgehead atoms. The fourth-order valence-corrected chi connectivity index (χ4v) is 2.03. The third-order valence-electron chi connectivity index (χ3n) is 2.68. The third kappa shape index (κ3) is 4.49. The van der Waals surface area contributed by atoms with Crippen molar-refractivity contribution in [3.05, 3.63) is 34.9 Å². The highest BCUT2D eigenvalue weighted by molar-refractivity contribution is 6.31. The molecule has 0 aliphatic heterocycles. The monoisotopic (exact) mass is 268 g/mol. The maximum Gasteiger partial charge on any atom is 0.306 e. The van der Waals surface area contributed by atoms with Crippen molar-refractivity contribution in [2.45, 2.75) is 26.7 Å². The second kappa shape index (κ2) is 6.55. The molecule has 0 amide bonds. The SMILES string of the molecule is CC(C)CC(CC(=O)c1cccc(Cl)c1)C(=O)O. The number of rotatable bonds is 6. The fourth-order valence-electron chi connectivity index (χ4n) is 1.84. The average molecular weight is 269 g/mol. The van der Waals surface area contributed by atoms with Gasteiger partial charge in [0.2, 0.25) is 0 Å². The molecular weight excluding hydrogens is 252 g/mol. The van der Waals surface area contributed by atoms with E-state index in [1.165, 1.54) is 0 Å². The van der Waals surface area contributed by atoms with Gasteiger partial charge in [0.05, 0.1) is 5.92 Å². The standard InChI is InChI=1S/C14H17ClO3/c1-9(2)6-11(14(17)18)8-13(16)10-4-3-5-12(15)7-10/h3-5,7,9,11H,6,8H2,1-2H3,(H,17,18). The second-order valence-corrected chi connectivity index (χ2v) is 5.24. The highest BCUT2D eigenvalue weighted by Crippen LogP contribution is 2.20. The van der Waals surface area contributed by atoms with Gasteiger partial charge >= 0.3 is 5.97 Å². The lowest BCUT2D eigenvalue weighted by Gasteiger charge is -2.13. The van der Waals surface area contributed by atoms with Crippen molar-refractivity contribution in [2.24, 2.45) is 11.8 Å². The molecule has 0 aromatic heterocycles. The minimum Gasteiger partial charge on any atom is -0.481 e. The lowest BCUT2D eigenvalue weighted by molar-refractivity contribution is -0.142. The zero-order valence-electron chi connectivity index (χ0n) is 10.5. The summed E-state index contributed by atoms with van der Waals surface area (Å²) in [4.78, 5) is 23.1. The number of hydrogen-bond donors (Lipinski definition) is 1.